The highest BCUT2D eigenvalue weighted by Gasteiger charge is 2.30. The van der Waals surface area contributed by atoms with Gasteiger partial charge in [0.25, 0.3) is 0 Å². The fourth-order valence-corrected chi connectivity index (χ4v) is 4.87. The topological polar surface area (TPSA) is 64.9 Å². The second-order valence-electron chi connectivity index (χ2n) is 4.34. The summed E-state index contributed by atoms with van der Waals surface area (Å²) in [5, 5.41) is 5.10. The molecule has 1 aliphatic heterocycles. The molecule has 0 aliphatic carbocycles. The quantitative estimate of drug-likeness (QED) is 0.908. The lowest BCUT2D eigenvalue weighted by molar-refractivity contribution is 0.366. The molecule has 6 heteroatoms. The number of hydrogen-bond donors (Lipinski definition) is 1. The summed E-state index contributed by atoms with van der Waals surface area (Å²) >= 11 is 3.97. The van der Waals surface area contributed by atoms with Crippen LogP contribution in [0.4, 0.5) is 0 Å². The molecule has 1 aromatic rings. The monoisotopic (exact) mass is 273 g/mol. The van der Waals surface area contributed by atoms with E-state index in [0.29, 0.717) is 22.8 Å². The van der Waals surface area contributed by atoms with Gasteiger partial charge in [-0.2, -0.15) is 16.7 Å². The first-order valence-electron chi connectivity index (χ1n) is 6.02. The van der Waals surface area contributed by atoms with Crippen LogP contribution in [0.25, 0.3) is 0 Å². The lowest BCUT2D eigenvalue weighted by atomic mass is 10.2. The fourth-order valence-electron chi connectivity index (χ4n) is 1.88. The zero-order valence-corrected chi connectivity index (χ0v) is 11.9. The van der Waals surface area contributed by atoms with E-state index < -0.39 is 0 Å². The highest BCUT2D eigenvalue weighted by Crippen LogP contribution is 2.42. The summed E-state index contributed by atoms with van der Waals surface area (Å²) in [7, 11) is 0. The van der Waals surface area contributed by atoms with E-state index in [2.05, 4.69) is 17.1 Å². The molecule has 1 aliphatic rings. The molecular weight excluding hydrogens is 254 g/mol. The first-order valence-corrected chi connectivity index (χ1v) is 8.11. The van der Waals surface area contributed by atoms with Gasteiger partial charge in [0.15, 0.2) is 5.82 Å². The van der Waals surface area contributed by atoms with Crippen LogP contribution in [0.15, 0.2) is 4.52 Å². The van der Waals surface area contributed by atoms with Crippen LogP contribution in [0.3, 0.4) is 0 Å². The van der Waals surface area contributed by atoms with Gasteiger partial charge in [0.05, 0.1) is 5.25 Å². The van der Waals surface area contributed by atoms with Crippen molar-refractivity contribution in [1.29, 1.82) is 0 Å². The van der Waals surface area contributed by atoms with Crippen molar-refractivity contribution in [2.45, 2.75) is 43.2 Å². The van der Waals surface area contributed by atoms with Crippen molar-refractivity contribution in [2.24, 2.45) is 5.73 Å². The third-order valence-electron chi connectivity index (χ3n) is 2.69. The Morgan fingerprint density at radius 1 is 1.47 bits per heavy atom. The molecule has 0 radical (unpaired) electrons. The smallest absolute Gasteiger partial charge is 0.228 e. The molecule has 96 valence electrons. The molecule has 0 amide bonds. The zero-order valence-electron chi connectivity index (χ0n) is 10.3. The van der Waals surface area contributed by atoms with Gasteiger partial charge < -0.3 is 10.3 Å². The van der Waals surface area contributed by atoms with Crippen molar-refractivity contribution in [3.8, 4) is 0 Å². The number of rotatable bonds is 4. The Hall–Kier alpha value is -0.200. The van der Waals surface area contributed by atoms with E-state index in [1.165, 1.54) is 11.5 Å². The number of aromatic nitrogens is 2. The Balaban J connectivity index is 2.07. The molecule has 2 heterocycles. The average Bonchev–Trinajstić information content (AvgIpc) is 2.76. The van der Waals surface area contributed by atoms with E-state index in [1.807, 2.05) is 30.4 Å². The van der Waals surface area contributed by atoms with Gasteiger partial charge in [-0.25, -0.2) is 0 Å². The molecule has 17 heavy (non-hydrogen) atoms. The van der Waals surface area contributed by atoms with Crippen LogP contribution in [0, 0.1) is 0 Å². The lowest BCUT2D eigenvalue weighted by Gasteiger charge is -2.27. The van der Waals surface area contributed by atoms with Crippen LogP contribution in [-0.4, -0.2) is 32.9 Å². The summed E-state index contributed by atoms with van der Waals surface area (Å²) in [6.07, 6.45) is 1.81. The molecule has 0 spiro atoms. The second-order valence-corrected chi connectivity index (χ2v) is 6.93. The molecule has 1 saturated heterocycles. The van der Waals surface area contributed by atoms with Gasteiger partial charge in [-0.1, -0.05) is 12.1 Å². The number of nitrogens with two attached hydrogens (primary N) is 1. The van der Waals surface area contributed by atoms with Crippen LogP contribution in [0.2, 0.25) is 0 Å². The first kappa shape index (κ1) is 13.2. The standard InChI is InChI=1S/C11H19N3OS2/c1-3-8-10(17-5-4-16-8)11-13-9(15-14-11)6-7(2)12/h7-8,10H,3-6,12H2,1-2H3. The van der Waals surface area contributed by atoms with E-state index in [0.717, 1.165) is 12.2 Å². The number of hydrogen-bond acceptors (Lipinski definition) is 6. The Morgan fingerprint density at radius 3 is 2.94 bits per heavy atom. The van der Waals surface area contributed by atoms with Crippen LogP contribution < -0.4 is 5.73 Å². The minimum absolute atomic E-state index is 0.0682. The van der Waals surface area contributed by atoms with Gasteiger partial charge in [0, 0.05) is 29.2 Å². The van der Waals surface area contributed by atoms with Crippen molar-refractivity contribution >= 4 is 23.5 Å². The van der Waals surface area contributed by atoms with Gasteiger partial charge in [0.1, 0.15) is 0 Å². The Morgan fingerprint density at radius 2 is 2.24 bits per heavy atom. The number of thioether (sulfide) groups is 2. The molecular formula is C11H19N3OS2. The van der Waals surface area contributed by atoms with E-state index in [-0.39, 0.29) is 6.04 Å². The summed E-state index contributed by atoms with van der Waals surface area (Å²) in [6, 6.07) is 0.0682. The van der Waals surface area contributed by atoms with Gasteiger partial charge in [-0.05, 0) is 13.3 Å². The summed E-state index contributed by atoms with van der Waals surface area (Å²) < 4.78 is 5.26. The third kappa shape index (κ3) is 3.39. The largest absolute Gasteiger partial charge is 0.339 e. The highest BCUT2D eigenvalue weighted by molar-refractivity contribution is 8.06. The van der Waals surface area contributed by atoms with Gasteiger partial charge in [-0.15, -0.1) is 11.8 Å². The van der Waals surface area contributed by atoms with E-state index in [4.69, 9.17) is 10.3 Å². The van der Waals surface area contributed by atoms with E-state index in [9.17, 15) is 0 Å². The van der Waals surface area contributed by atoms with Crippen molar-refractivity contribution in [1.82, 2.24) is 10.1 Å². The Labute approximate surface area is 110 Å². The molecule has 1 fully saturated rings. The molecule has 2 N–H and O–H groups in total. The molecule has 0 saturated carbocycles. The van der Waals surface area contributed by atoms with Gasteiger partial charge in [-0.3, -0.25) is 0 Å². The van der Waals surface area contributed by atoms with Gasteiger partial charge >= 0.3 is 0 Å². The predicted molar refractivity (Wildman–Crippen MR) is 73.4 cm³/mol. The zero-order chi connectivity index (χ0) is 12.3. The minimum atomic E-state index is 0.0682. The van der Waals surface area contributed by atoms with Crippen molar-refractivity contribution in [2.75, 3.05) is 11.5 Å². The maximum atomic E-state index is 5.73. The van der Waals surface area contributed by atoms with Crippen molar-refractivity contribution < 1.29 is 4.52 Å². The van der Waals surface area contributed by atoms with Crippen molar-refractivity contribution in [3.05, 3.63) is 11.7 Å². The van der Waals surface area contributed by atoms with Crippen molar-refractivity contribution in [3.63, 3.8) is 0 Å². The molecule has 0 aromatic carbocycles. The summed E-state index contributed by atoms with van der Waals surface area (Å²) in [5.74, 6) is 3.92. The molecule has 2 rings (SSSR count). The average molecular weight is 273 g/mol. The lowest BCUT2D eigenvalue weighted by Crippen LogP contribution is -2.20. The third-order valence-corrected chi connectivity index (χ3v) is 5.93. The van der Waals surface area contributed by atoms with Crippen LogP contribution in [0.5, 0.6) is 0 Å². The summed E-state index contributed by atoms with van der Waals surface area (Å²) in [5.41, 5.74) is 5.73. The van der Waals surface area contributed by atoms with Crippen LogP contribution >= 0.6 is 23.5 Å². The van der Waals surface area contributed by atoms with E-state index >= 15 is 0 Å². The normalized spacial score (nSPS) is 27.0. The Bertz CT molecular complexity index is 356. The molecule has 0 bridgehead atoms. The van der Waals surface area contributed by atoms with E-state index in [1.54, 1.807) is 0 Å². The molecule has 3 unspecified atom stereocenters. The summed E-state index contributed by atoms with van der Waals surface area (Å²) in [6.45, 7) is 4.17. The first-order chi connectivity index (χ1) is 8.20. The predicted octanol–water partition coefficient (Wildman–Crippen LogP) is 2.26. The number of nitrogens with zero attached hydrogens (tertiary/aromatic N) is 2. The molecule has 3 atom stereocenters. The molecule has 4 nitrogen and oxygen atoms in total. The Kier molecular flexibility index (Phi) is 4.76. The minimum Gasteiger partial charge on any atom is -0.339 e. The second kappa shape index (κ2) is 6.11. The fraction of sp³-hybridized carbons (Fsp3) is 0.818. The summed E-state index contributed by atoms with van der Waals surface area (Å²) in [4.78, 5) is 4.48. The molecule has 1 aromatic heterocycles. The SMILES string of the molecule is CCC1SCCSC1c1noc(CC(C)N)n1. The van der Waals surface area contributed by atoms with Crippen LogP contribution in [0.1, 0.15) is 37.2 Å². The highest BCUT2D eigenvalue weighted by atomic mass is 32.2. The van der Waals surface area contributed by atoms with Gasteiger partial charge in [0.2, 0.25) is 5.89 Å². The maximum absolute atomic E-state index is 5.73. The maximum Gasteiger partial charge on any atom is 0.228 e. The van der Waals surface area contributed by atoms with Crippen LogP contribution in [-0.2, 0) is 6.42 Å².